The summed E-state index contributed by atoms with van der Waals surface area (Å²) in [6, 6.07) is 0. The second-order valence-electron chi connectivity index (χ2n) is 2.90. The highest BCUT2D eigenvalue weighted by molar-refractivity contribution is 7.81. The molecule has 0 aliphatic carbocycles. The Morgan fingerprint density at radius 1 is 1.64 bits per heavy atom. The molecule has 0 aromatic carbocycles. The van der Waals surface area contributed by atoms with E-state index in [9.17, 15) is 9.18 Å². The third-order valence-electron chi connectivity index (χ3n) is 1.89. The number of thiol groups is 1. The van der Waals surface area contributed by atoms with Crippen LogP contribution >= 0.6 is 12.6 Å². The lowest BCUT2D eigenvalue weighted by Gasteiger charge is -2.31. The average Bonchev–Trinajstić information content (AvgIpc) is 2.32. The molecule has 1 unspecified atom stereocenters. The first-order valence-corrected chi connectivity index (χ1v) is 4.68. The largest absolute Gasteiger partial charge is 0.465 e. The minimum absolute atomic E-state index is 0.144. The van der Waals surface area contributed by atoms with E-state index in [1.807, 2.05) is 0 Å². The highest BCUT2D eigenvalue weighted by atomic mass is 32.1. The number of halogens is 1. The monoisotopic (exact) mass is 220 g/mol. The van der Waals surface area contributed by atoms with Crippen LogP contribution in [-0.2, 0) is 9.53 Å². The normalized spacial score (nSPS) is 25.7. The minimum Gasteiger partial charge on any atom is -0.465 e. The van der Waals surface area contributed by atoms with E-state index >= 15 is 0 Å². The fourth-order valence-corrected chi connectivity index (χ4v) is 1.28. The molecule has 0 spiro atoms. The molecule has 0 saturated carbocycles. The van der Waals surface area contributed by atoms with Gasteiger partial charge < -0.3 is 14.5 Å². The number of esters is 1. The van der Waals surface area contributed by atoms with Crippen molar-refractivity contribution >= 4 is 18.6 Å². The van der Waals surface area contributed by atoms with Crippen LogP contribution in [0.25, 0.3) is 0 Å². The number of nitrogens with zero attached hydrogens (tertiary/aromatic N) is 2. The Kier molecular flexibility index (Phi) is 3.25. The van der Waals surface area contributed by atoms with E-state index in [0.717, 1.165) is 4.90 Å². The molecule has 80 valence electrons. The predicted molar refractivity (Wildman–Crippen MR) is 53.1 cm³/mol. The molecular formula is C8H13FN2O2S. The summed E-state index contributed by atoms with van der Waals surface area (Å²) < 4.78 is 18.4. The van der Waals surface area contributed by atoms with Crippen LogP contribution in [0.15, 0.2) is 12.4 Å². The van der Waals surface area contributed by atoms with Crippen LogP contribution in [-0.4, -0.2) is 41.2 Å². The van der Waals surface area contributed by atoms with Crippen molar-refractivity contribution in [3.63, 3.8) is 0 Å². The number of hydrogen-bond donors (Lipinski definition) is 1. The summed E-state index contributed by atoms with van der Waals surface area (Å²) in [7, 11) is 1.54. The Morgan fingerprint density at radius 2 is 2.29 bits per heavy atom. The second-order valence-corrected chi connectivity index (χ2v) is 3.46. The molecule has 14 heavy (non-hydrogen) atoms. The molecule has 1 aliphatic heterocycles. The van der Waals surface area contributed by atoms with Crippen LogP contribution in [0.2, 0.25) is 0 Å². The molecule has 0 aromatic rings. The lowest BCUT2D eigenvalue weighted by Crippen LogP contribution is -2.45. The molecule has 0 amide bonds. The molecule has 4 nitrogen and oxygen atoms in total. The predicted octanol–water partition coefficient (Wildman–Crippen LogP) is 0.779. The van der Waals surface area contributed by atoms with Gasteiger partial charge in [-0.3, -0.25) is 4.79 Å². The van der Waals surface area contributed by atoms with Crippen LogP contribution in [0.4, 0.5) is 4.39 Å². The topological polar surface area (TPSA) is 32.8 Å². The zero-order valence-corrected chi connectivity index (χ0v) is 9.00. The van der Waals surface area contributed by atoms with Crippen LogP contribution in [0, 0.1) is 0 Å². The molecule has 1 atom stereocenters. The molecule has 0 fully saturated rings. The zero-order valence-electron chi connectivity index (χ0n) is 8.11. The zero-order chi connectivity index (χ0) is 10.8. The summed E-state index contributed by atoms with van der Waals surface area (Å²) in [5.74, 6) is -0.469. The Morgan fingerprint density at radius 3 is 2.71 bits per heavy atom. The first-order valence-electron chi connectivity index (χ1n) is 4.23. The minimum atomic E-state index is -1.95. The molecule has 6 heteroatoms. The van der Waals surface area contributed by atoms with E-state index in [1.165, 1.54) is 24.3 Å². The van der Waals surface area contributed by atoms with Gasteiger partial charge in [0.05, 0.1) is 6.61 Å². The Balaban J connectivity index is 2.54. The summed E-state index contributed by atoms with van der Waals surface area (Å²) in [6.07, 6.45) is 2.97. The average molecular weight is 220 g/mol. The van der Waals surface area contributed by atoms with E-state index in [0.29, 0.717) is 0 Å². The third kappa shape index (κ3) is 2.12. The number of hydrogen-bond acceptors (Lipinski definition) is 5. The van der Waals surface area contributed by atoms with E-state index in [4.69, 9.17) is 4.74 Å². The van der Waals surface area contributed by atoms with Crippen molar-refractivity contribution in [1.82, 2.24) is 9.80 Å². The molecule has 0 radical (unpaired) electrons. The van der Waals surface area contributed by atoms with E-state index < -0.39 is 11.2 Å². The van der Waals surface area contributed by atoms with Crippen LogP contribution < -0.4 is 0 Å². The van der Waals surface area contributed by atoms with Gasteiger partial charge in [-0.1, -0.05) is 12.6 Å². The number of alkyl halides is 1. The van der Waals surface area contributed by atoms with Gasteiger partial charge in [0.25, 0.3) is 0 Å². The van der Waals surface area contributed by atoms with Gasteiger partial charge in [-0.05, 0) is 6.92 Å². The summed E-state index contributed by atoms with van der Waals surface area (Å²) in [4.78, 5) is 13.5. The van der Waals surface area contributed by atoms with Gasteiger partial charge in [0.1, 0.15) is 6.54 Å². The van der Waals surface area contributed by atoms with Crippen molar-refractivity contribution in [1.29, 1.82) is 0 Å². The summed E-state index contributed by atoms with van der Waals surface area (Å²) in [5, 5.41) is -1.95. The van der Waals surface area contributed by atoms with E-state index in [-0.39, 0.29) is 13.2 Å². The molecule has 0 N–H and O–H groups in total. The van der Waals surface area contributed by atoms with Crippen molar-refractivity contribution in [2.24, 2.45) is 0 Å². The molecule has 0 bridgehead atoms. The van der Waals surface area contributed by atoms with Gasteiger partial charge in [0.2, 0.25) is 0 Å². The van der Waals surface area contributed by atoms with Crippen molar-refractivity contribution < 1.29 is 13.9 Å². The first-order chi connectivity index (χ1) is 6.48. The molecule has 1 rings (SSSR count). The maximum absolute atomic E-state index is 13.7. The van der Waals surface area contributed by atoms with Gasteiger partial charge in [-0.2, -0.15) is 4.39 Å². The fraction of sp³-hybridized carbons (Fsp3) is 0.625. The van der Waals surface area contributed by atoms with Gasteiger partial charge in [0.15, 0.2) is 0 Å². The maximum Gasteiger partial charge on any atom is 0.325 e. The van der Waals surface area contributed by atoms with Crippen molar-refractivity contribution in [3.8, 4) is 0 Å². The Bertz CT molecular complexity index is 258. The van der Waals surface area contributed by atoms with Gasteiger partial charge in [-0.25, -0.2) is 0 Å². The lowest BCUT2D eigenvalue weighted by molar-refractivity contribution is -0.146. The van der Waals surface area contributed by atoms with Crippen LogP contribution in [0.3, 0.4) is 0 Å². The molecule has 1 aliphatic rings. The highest BCUT2D eigenvalue weighted by Crippen LogP contribution is 2.30. The molecule has 1 heterocycles. The second kappa shape index (κ2) is 4.08. The Hall–Kier alpha value is -0.910. The highest BCUT2D eigenvalue weighted by Gasteiger charge is 2.39. The lowest BCUT2D eigenvalue weighted by atomic mass is 10.5. The summed E-state index contributed by atoms with van der Waals surface area (Å²) in [5.41, 5.74) is 0. The van der Waals surface area contributed by atoms with E-state index in [2.05, 4.69) is 12.6 Å². The van der Waals surface area contributed by atoms with Crippen LogP contribution in [0.5, 0.6) is 0 Å². The van der Waals surface area contributed by atoms with Crippen molar-refractivity contribution in [2.45, 2.75) is 12.2 Å². The van der Waals surface area contributed by atoms with Crippen molar-refractivity contribution in [2.75, 3.05) is 20.2 Å². The SMILES string of the molecule is CCOC(=O)CN1C=CN(C)C1(F)S. The van der Waals surface area contributed by atoms with E-state index in [1.54, 1.807) is 6.92 Å². The summed E-state index contributed by atoms with van der Waals surface area (Å²) >= 11 is 3.80. The third-order valence-corrected chi connectivity index (χ3v) is 2.46. The van der Waals surface area contributed by atoms with Gasteiger partial charge >= 0.3 is 11.2 Å². The number of rotatable bonds is 3. The molecule has 0 saturated heterocycles. The number of carbonyl (C=O) groups excluding carboxylic acids is 1. The number of carbonyl (C=O) groups is 1. The fourth-order valence-electron chi connectivity index (χ4n) is 1.07. The first kappa shape index (κ1) is 11.2. The standard InChI is InChI=1S/C8H13FN2O2S/c1-3-13-7(12)6-11-5-4-10(2)8(11,9)14/h4-5,14H,3,6H2,1-2H3. The summed E-state index contributed by atoms with van der Waals surface area (Å²) in [6.45, 7) is 1.85. The van der Waals surface area contributed by atoms with Crippen LogP contribution in [0.1, 0.15) is 6.92 Å². The quantitative estimate of drug-likeness (QED) is 0.433. The smallest absolute Gasteiger partial charge is 0.325 e. The molecule has 0 aromatic heterocycles. The maximum atomic E-state index is 13.7. The Labute approximate surface area is 87.7 Å². The molecular weight excluding hydrogens is 207 g/mol. The van der Waals surface area contributed by atoms with Gasteiger partial charge in [-0.15, -0.1) is 0 Å². The van der Waals surface area contributed by atoms with Gasteiger partial charge in [0, 0.05) is 19.4 Å². The number of ether oxygens (including phenoxy) is 1. The van der Waals surface area contributed by atoms with Crippen molar-refractivity contribution in [3.05, 3.63) is 12.4 Å².